The summed E-state index contributed by atoms with van der Waals surface area (Å²) in [6.45, 7) is 0. The average Bonchev–Trinajstić information content (AvgIpc) is 2.93. The Bertz CT molecular complexity index is 1350. The van der Waals surface area contributed by atoms with Gasteiger partial charge in [0.25, 0.3) is 0 Å². The molecule has 0 bridgehead atoms. The van der Waals surface area contributed by atoms with E-state index in [4.69, 9.17) is 13.7 Å². The molecule has 0 fully saturated rings. The number of esters is 1. The van der Waals surface area contributed by atoms with Gasteiger partial charge < -0.3 is 23.9 Å². The molecule has 2 heterocycles. The van der Waals surface area contributed by atoms with E-state index in [1.54, 1.807) is 24.3 Å². The van der Waals surface area contributed by atoms with Crippen molar-refractivity contribution in [2.45, 2.75) is 5.60 Å². The SMILES string of the molecule is CS(=O)(=O)Oc1cc(O)cc2c1C1(OC(=O)c3ccccc31)c1ccc(O)cc1O2. The quantitative estimate of drug-likeness (QED) is 0.474. The zero-order valence-electron chi connectivity index (χ0n) is 15.4. The van der Waals surface area contributed by atoms with Crippen LogP contribution in [-0.2, 0) is 20.5 Å². The predicted molar refractivity (Wildman–Crippen MR) is 103 cm³/mol. The number of rotatable bonds is 2. The van der Waals surface area contributed by atoms with Gasteiger partial charge in [0.05, 0.1) is 17.4 Å². The Hall–Kier alpha value is -3.72. The molecule has 0 radical (unpaired) electrons. The van der Waals surface area contributed by atoms with Crippen LogP contribution in [0.4, 0.5) is 0 Å². The summed E-state index contributed by atoms with van der Waals surface area (Å²) in [5, 5.41) is 20.1. The van der Waals surface area contributed by atoms with E-state index in [1.807, 2.05) is 0 Å². The van der Waals surface area contributed by atoms with Gasteiger partial charge in [-0.25, -0.2) is 4.79 Å². The van der Waals surface area contributed by atoms with E-state index >= 15 is 0 Å². The molecular weight excluding hydrogens is 412 g/mol. The van der Waals surface area contributed by atoms with Gasteiger partial charge in [0.15, 0.2) is 11.4 Å². The summed E-state index contributed by atoms with van der Waals surface area (Å²) < 4.78 is 40.7. The number of phenols is 2. The van der Waals surface area contributed by atoms with Gasteiger partial charge >= 0.3 is 16.1 Å². The van der Waals surface area contributed by atoms with Gasteiger partial charge in [0, 0.05) is 29.3 Å². The molecule has 3 aromatic rings. The number of carbonyl (C=O) groups excluding carboxylic acids is 1. The lowest BCUT2D eigenvalue weighted by Gasteiger charge is -2.37. The van der Waals surface area contributed by atoms with E-state index in [-0.39, 0.29) is 34.3 Å². The second-order valence-electron chi connectivity index (χ2n) is 7.00. The van der Waals surface area contributed by atoms with E-state index in [9.17, 15) is 23.4 Å². The lowest BCUT2D eigenvalue weighted by molar-refractivity contribution is 0.0220. The fourth-order valence-electron chi connectivity index (χ4n) is 3.97. The van der Waals surface area contributed by atoms with Crippen molar-refractivity contribution in [2.75, 3.05) is 6.26 Å². The highest BCUT2D eigenvalue weighted by Crippen LogP contribution is 2.59. The van der Waals surface area contributed by atoms with Crippen molar-refractivity contribution in [3.05, 3.63) is 76.9 Å². The Kier molecular flexibility index (Phi) is 3.60. The number of hydrogen-bond acceptors (Lipinski definition) is 8. The van der Waals surface area contributed by atoms with Crippen LogP contribution in [0.25, 0.3) is 0 Å². The minimum Gasteiger partial charge on any atom is -0.508 e. The Morgan fingerprint density at radius 1 is 0.933 bits per heavy atom. The Morgan fingerprint density at radius 3 is 2.43 bits per heavy atom. The van der Waals surface area contributed by atoms with Crippen molar-refractivity contribution in [1.82, 2.24) is 0 Å². The molecule has 9 heteroatoms. The Balaban J connectivity index is 1.92. The fourth-order valence-corrected chi connectivity index (χ4v) is 4.43. The largest absolute Gasteiger partial charge is 0.508 e. The van der Waals surface area contributed by atoms with Crippen LogP contribution in [0.2, 0.25) is 0 Å². The molecule has 8 nitrogen and oxygen atoms in total. The van der Waals surface area contributed by atoms with Crippen LogP contribution in [0.1, 0.15) is 27.0 Å². The van der Waals surface area contributed by atoms with Gasteiger partial charge in [-0.3, -0.25) is 0 Å². The minimum atomic E-state index is -4.00. The van der Waals surface area contributed by atoms with Crippen LogP contribution in [0.3, 0.4) is 0 Å². The van der Waals surface area contributed by atoms with E-state index in [0.717, 1.165) is 12.3 Å². The first-order valence-corrected chi connectivity index (χ1v) is 10.6. The third-order valence-corrected chi connectivity index (χ3v) is 5.46. The van der Waals surface area contributed by atoms with Gasteiger partial charge in [-0.2, -0.15) is 8.42 Å². The fraction of sp³-hybridized carbons (Fsp3) is 0.0952. The van der Waals surface area contributed by atoms with Crippen LogP contribution in [0, 0.1) is 0 Å². The van der Waals surface area contributed by atoms with Crippen LogP contribution >= 0.6 is 0 Å². The molecule has 152 valence electrons. The number of fused-ring (bicyclic) bond motifs is 6. The summed E-state index contributed by atoms with van der Waals surface area (Å²) in [6.07, 6.45) is 0.861. The monoisotopic (exact) mass is 426 g/mol. The third kappa shape index (κ3) is 2.52. The normalized spacial score (nSPS) is 18.8. The number of carbonyl (C=O) groups is 1. The average molecular weight is 426 g/mol. The molecule has 2 aliphatic heterocycles. The van der Waals surface area contributed by atoms with E-state index in [0.29, 0.717) is 16.7 Å². The van der Waals surface area contributed by atoms with Crippen LogP contribution < -0.4 is 8.92 Å². The zero-order valence-corrected chi connectivity index (χ0v) is 16.3. The summed E-state index contributed by atoms with van der Waals surface area (Å²) in [4.78, 5) is 12.8. The Morgan fingerprint density at radius 2 is 1.67 bits per heavy atom. The van der Waals surface area contributed by atoms with Crippen molar-refractivity contribution in [2.24, 2.45) is 0 Å². The maximum Gasteiger partial charge on any atom is 0.340 e. The van der Waals surface area contributed by atoms with Crippen molar-refractivity contribution >= 4 is 16.1 Å². The molecule has 1 atom stereocenters. The molecule has 30 heavy (non-hydrogen) atoms. The zero-order chi connectivity index (χ0) is 21.3. The topological polar surface area (TPSA) is 119 Å². The molecule has 1 spiro atoms. The number of aromatic hydroxyl groups is 2. The summed E-state index contributed by atoms with van der Waals surface area (Å²) in [5.74, 6) is -1.05. The molecule has 0 amide bonds. The van der Waals surface area contributed by atoms with Crippen LogP contribution in [-0.4, -0.2) is 30.9 Å². The first-order chi connectivity index (χ1) is 14.2. The second-order valence-corrected chi connectivity index (χ2v) is 8.58. The molecule has 3 aromatic carbocycles. The highest BCUT2D eigenvalue weighted by molar-refractivity contribution is 7.86. The van der Waals surface area contributed by atoms with Crippen molar-refractivity contribution in [1.29, 1.82) is 0 Å². The smallest absolute Gasteiger partial charge is 0.340 e. The molecule has 2 aliphatic rings. The summed E-state index contributed by atoms with van der Waals surface area (Å²) in [7, 11) is -4.00. The van der Waals surface area contributed by atoms with Gasteiger partial charge in [-0.05, 0) is 18.2 Å². The number of benzene rings is 3. The maximum absolute atomic E-state index is 12.8. The highest BCUT2D eigenvalue weighted by Gasteiger charge is 2.55. The summed E-state index contributed by atoms with van der Waals surface area (Å²) in [5.41, 5.74) is -0.367. The van der Waals surface area contributed by atoms with Crippen LogP contribution in [0.15, 0.2) is 54.6 Å². The van der Waals surface area contributed by atoms with Gasteiger partial charge in [-0.15, -0.1) is 0 Å². The Labute approximate surface area is 171 Å². The van der Waals surface area contributed by atoms with Gasteiger partial charge in [0.2, 0.25) is 0 Å². The third-order valence-electron chi connectivity index (χ3n) is 4.98. The predicted octanol–water partition coefficient (Wildman–Crippen LogP) is 3.00. The molecule has 0 aromatic heterocycles. The molecule has 0 aliphatic carbocycles. The highest BCUT2D eigenvalue weighted by atomic mass is 32.2. The van der Waals surface area contributed by atoms with Crippen LogP contribution in [0.5, 0.6) is 28.7 Å². The molecule has 1 unspecified atom stereocenters. The molecule has 0 saturated heterocycles. The van der Waals surface area contributed by atoms with Crippen molar-refractivity contribution in [3.8, 4) is 28.7 Å². The molecule has 2 N–H and O–H groups in total. The molecule has 0 saturated carbocycles. The van der Waals surface area contributed by atoms with E-state index in [1.165, 1.54) is 24.3 Å². The lowest BCUT2D eigenvalue weighted by Crippen LogP contribution is -2.33. The second kappa shape index (κ2) is 5.90. The maximum atomic E-state index is 12.8. The molecular formula is C21H14O8S. The minimum absolute atomic E-state index is 0.0243. The first-order valence-electron chi connectivity index (χ1n) is 8.80. The standard InChI is InChI=1S/C21H14O8S/c1-30(25,26)29-18-10-12(23)9-17-19(18)21(15-7-6-11(22)8-16(15)27-17)14-5-3-2-4-13(14)20(24)28-21/h2-10,22-23H,1H3. The summed E-state index contributed by atoms with van der Waals surface area (Å²) in [6, 6.07) is 13.3. The van der Waals surface area contributed by atoms with Gasteiger partial charge in [0.1, 0.15) is 23.0 Å². The number of hydrogen-bond donors (Lipinski definition) is 2. The summed E-state index contributed by atoms with van der Waals surface area (Å²) >= 11 is 0. The van der Waals surface area contributed by atoms with E-state index in [2.05, 4.69) is 0 Å². The molecule has 5 rings (SSSR count). The first kappa shape index (κ1) is 18.3. The van der Waals surface area contributed by atoms with Gasteiger partial charge in [-0.1, -0.05) is 18.2 Å². The van der Waals surface area contributed by atoms with E-state index < -0.39 is 21.7 Å². The number of ether oxygens (including phenoxy) is 2. The lowest BCUT2D eigenvalue weighted by atomic mass is 9.77. The van der Waals surface area contributed by atoms with Crippen molar-refractivity contribution < 1.29 is 37.1 Å². The van der Waals surface area contributed by atoms with Crippen molar-refractivity contribution in [3.63, 3.8) is 0 Å². The number of phenolic OH excluding ortho intramolecular Hbond substituents is 2.